The van der Waals surface area contributed by atoms with Crippen LogP contribution in [-0.4, -0.2) is 55.0 Å². The second-order valence-electron chi connectivity index (χ2n) is 6.02. The molecule has 0 N–H and O–H groups in total. The van der Waals surface area contributed by atoms with Crippen LogP contribution >= 0.6 is 0 Å². The molecule has 4 nitrogen and oxygen atoms in total. The van der Waals surface area contributed by atoms with Gasteiger partial charge in [-0.05, 0) is 38.1 Å². The molecule has 0 radical (unpaired) electrons. The second kappa shape index (κ2) is 8.67. The lowest BCUT2D eigenvalue weighted by molar-refractivity contribution is -0.130. The number of ether oxygens (including phenoxy) is 1. The fraction of sp³-hybridized carbons (Fsp3) is 0.500. The fourth-order valence-electron chi connectivity index (χ4n) is 2.45. The summed E-state index contributed by atoms with van der Waals surface area (Å²) in [5.74, 6) is 0.516. The van der Waals surface area contributed by atoms with E-state index in [9.17, 15) is 9.18 Å². The zero-order chi connectivity index (χ0) is 16.7. The minimum absolute atomic E-state index is 0.174. The smallest absolute Gasteiger partial charge is 0.224 e. The van der Waals surface area contributed by atoms with Crippen molar-refractivity contribution in [3.05, 3.63) is 41.7 Å². The molecule has 1 fully saturated rings. The number of allylic oxidation sites excluding steroid dienone is 1. The van der Waals surface area contributed by atoms with Gasteiger partial charge in [-0.3, -0.25) is 9.69 Å². The van der Waals surface area contributed by atoms with Crippen molar-refractivity contribution in [2.24, 2.45) is 0 Å². The molecular weight excluding hydrogens is 295 g/mol. The first kappa shape index (κ1) is 17.5. The van der Waals surface area contributed by atoms with Crippen LogP contribution in [0.15, 0.2) is 35.9 Å². The van der Waals surface area contributed by atoms with Gasteiger partial charge in [-0.2, -0.15) is 0 Å². The van der Waals surface area contributed by atoms with Crippen molar-refractivity contribution in [1.82, 2.24) is 9.80 Å². The number of benzene rings is 1. The zero-order valence-electron chi connectivity index (χ0n) is 13.9. The lowest BCUT2D eigenvalue weighted by Gasteiger charge is -2.21. The van der Waals surface area contributed by atoms with Gasteiger partial charge in [0.2, 0.25) is 5.91 Å². The summed E-state index contributed by atoms with van der Waals surface area (Å²) < 4.78 is 18.4. The topological polar surface area (TPSA) is 32.8 Å². The summed E-state index contributed by atoms with van der Waals surface area (Å²) in [6, 6.07) is 5.93. The maximum atomic E-state index is 12.8. The van der Waals surface area contributed by atoms with Gasteiger partial charge in [0.1, 0.15) is 18.2 Å². The Kier molecular flexibility index (Phi) is 6.59. The molecule has 5 heteroatoms. The van der Waals surface area contributed by atoms with Crippen LogP contribution in [0.25, 0.3) is 0 Å². The molecule has 0 bridgehead atoms. The molecule has 126 valence electrons. The predicted octanol–water partition coefficient (Wildman–Crippen LogP) is 2.71. The molecule has 1 aromatic rings. The summed E-state index contributed by atoms with van der Waals surface area (Å²) in [5, 5.41) is 0. The maximum Gasteiger partial charge on any atom is 0.224 e. The highest BCUT2D eigenvalue weighted by Crippen LogP contribution is 2.11. The molecule has 0 unspecified atom stereocenters. The lowest BCUT2D eigenvalue weighted by Crippen LogP contribution is -2.36. The summed E-state index contributed by atoms with van der Waals surface area (Å²) in [6.45, 7) is 8.46. The SMILES string of the molecule is CC(C)=CCN1CCC(=O)N(CCOc2ccc(F)cc2)CC1. The summed E-state index contributed by atoms with van der Waals surface area (Å²) in [5.41, 5.74) is 1.30. The molecule has 1 aliphatic rings. The van der Waals surface area contributed by atoms with Crippen LogP contribution in [0, 0.1) is 5.82 Å². The molecule has 1 aromatic carbocycles. The van der Waals surface area contributed by atoms with E-state index in [4.69, 9.17) is 4.74 Å². The first-order valence-corrected chi connectivity index (χ1v) is 8.06. The van der Waals surface area contributed by atoms with Crippen molar-refractivity contribution < 1.29 is 13.9 Å². The summed E-state index contributed by atoms with van der Waals surface area (Å²) in [6.07, 6.45) is 2.74. The van der Waals surface area contributed by atoms with Gasteiger partial charge < -0.3 is 9.64 Å². The second-order valence-corrected chi connectivity index (χ2v) is 6.02. The van der Waals surface area contributed by atoms with Crippen LogP contribution in [0.4, 0.5) is 4.39 Å². The lowest BCUT2D eigenvalue weighted by atomic mass is 10.3. The van der Waals surface area contributed by atoms with E-state index in [1.807, 2.05) is 4.90 Å². The minimum atomic E-state index is -0.281. The molecule has 0 atom stereocenters. The van der Waals surface area contributed by atoms with Gasteiger partial charge in [0.05, 0.1) is 6.54 Å². The molecule has 23 heavy (non-hydrogen) atoms. The molecule has 0 saturated carbocycles. The number of hydrogen-bond acceptors (Lipinski definition) is 3. The van der Waals surface area contributed by atoms with Gasteiger partial charge in [0.25, 0.3) is 0 Å². The number of halogens is 1. The van der Waals surface area contributed by atoms with Crippen LogP contribution in [-0.2, 0) is 4.79 Å². The van der Waals surface area contributed by atoms with Gasteiger partial charge in [0, 0.05) is 32.6 Å². The van der Waals surface area contributed by atoms with Crippen LogP contribution < -0.4 is 4.74 Å². The van der Waals surface area contributed by atoms with Gasteiger partial charge in [0.15, 0.2) is 0 Å². The Morgan fingerprint density at radius 3 is 2.65 bits per heavy atom. The monoisotopic (exact) mass is 320 g/mol. The van der Waals surface area contributed by atoms with Gasteiger partial charge in [-0.15, -0.1) is 0 Å². The highest BCUT2D eigenvalue weighted by molar-refractivity contribution is 5.76. The Bertz CT molecular complexity index is 538. The molecular formula is C18H25FN2O2. The average molecular weight is 320 g/mol. The van der Waals surface area contributed by atoms with Crippen LogP contribution in [0.1, 0.15) is 20.3 Å². The first-order valence-electron chi connectivity index (χ1n) is 8.06. The standard InChI is InChI=1S/C18H25FN2O2/c1-15(2)7-9-20-10-8-18(22)21(12-11-20)13-14-23-17-5-3-16(19)4-6-17/h3-7H,8-14H2,1-2H3. The Hall–Kier alpha value is -1.88. The third kappa shape index (κ3) is 6.02. The Morgan fingerprint density at radius 1 is 1.22 bits per heavy atom. The van der Waals surface area contributed by atoms with E-state index in [0.29, 0.717) is 25.3 Å². The highest BCUT2D eigenvalue weighted by atomic mass is 19.1. The number of hydrogen-bond donors (Lipinski definition) is 0. The molecule has 1 amide bonds. The van der Waals surface area contributed by atoms with Crippen LogP contribution in [0.3, 0.4) is 0 Å². The van der Waals surface area contributed by atoms with Crippen molar-refractivity contribution in [3.8, 4) is 5.75 Å². The molecule has 2 rings (SSSR count). The van der Waals surface area contributed by atoms with E-state index in [0.717, 1.165) is 26.2 Å². The molecule has 0 aromatic heterocycles. The van der Waals surface area contributed by atoms with E-state index >= 15 is 0 Å². The normalized spacial score (nSPS) is 16.1. The zero-order valence-corrected chi connectivity index (χ0v) is 13.9. The van der Waals surface area contributed by atoms with Crippen molar-refractivity contribution in [2.45, 2.75) is 20.3 Å². The molecule has 1 saturated heterocycles. The molecule has 1 heterocycles. The largest absolute Gasteiger partial charge is 0.492 e. The Morgan fingerprint density at radius 2 is 1.96 bits per heavy atom. The number of rotatable bonds is 6. The first-order chi connectivity index (χ1) is 11.0. The van der Waals surface area contributed by atoms with Crippen LogP contribution in [0.5, 0.6) is 5.75 Å². The number of carbonyl (C=O) groups excluding carboxylic acids is 1. The van der Waals surface area contributed by atoms with Crippen molar-refractivity contribution in [3.63, 3.8) is 0 Å². The van der Waals surface area contributed by atoms with E-state index in [1.165, 1.54) is 17.7 Å². The van der Waals surface area contributed by atoms with Gasteiger partial charge in [-0.25, -0.2) is 4.39 Å². The molecule has 0 spiro atoms. The van der Waals surface area contributed by atoms with Crippen molar-refractivity contribution in [2.75, 3.05) is 39.3 Å². The summed E-state index contributed by atoms with van der Waals surface area (Å²) >= 11 is 0. The van der Waals surface area contributed by atoms with Gasteiger partial charge >= 0.3 is 0 Å². The quantitative estimate of drug-likeness (QED) is 0.756. The van der Waals surface area contributed by atoms with E-state index in [1.54, 1.807) is 12.1 Å². The van der Waals surface area contributed by atoms with E-state index in [2.05, 4.69) is 24.8 Å². The summed E-state index contributed by atoms with van der Waals surface area (Å²) in [7, 11) is 0. The Balaban J connectivity index is 1.77. The van der Waals surface area contributed by atoms with Gasteiger partial charge in [-0.1, -0.05) is 11.6 Å². The van der Waals surface area contributed by atoms with Crippen molar-refractivity contribution in [1.29, 1.82) is 0 Å². The maximum absolute atomic E-state index is 12.8. The average Bonchev–Trinajstić information content (AvgIpc) is 2.70. The predicted molar refractivity (Wildman–Crippen MR) is 89.0 cm³/mol. The summed E-state index contributed by atoms with van der Waals surface area (Å²) in [4.78, 5) is 16.3. The number of amides is 1. The van der Waals surface area contributed by atoms with Crippen molar-refractivity contribution >= 4 is 5.91 Å². The molecule has 0 aliphatic carbocycles. The Labute approximate surface area is 137 Å². The highest BCUT2D eigenvalue weighted by Gasteiger charge is 2.20. The van der Waals surface area contributed by atoms with E-state index < -0.39 is 0 Å². The van der Waals surface area contributed by atoms with E-state index in [-0.39, 0.29) is 11.7 Å². The fourth-order valence-corrected chi connectivity index (χ4v) is 2.45. The minimum Gasteiger partial charge on any atom is -0.492 e. The van der Waals surface area contributed by atoms with Crippen LogP contribution in [0.2, 0.25) is 0 Å². The third-order valence-corrected chi connectivity index (χ3v) is 3.88. The molecule has 1 aliphatic heterocycles. The third-order valence-electron chi connectivity index (χ3n) is 3.88. The number of carbonyl (C=O) groups is 1. The number of nitrogens with zero attached hydrogens (tertiary/aromatic N) is 2.